The van der Waals surface area contributed by atoms with Crippen molar-refractivity contribution in [3.8, 4) is 0 Å². The zero-order valence-corrected chi connectivity index (χ0v) is 11.5. The second-order valence-corrected chi connectivity index (χ2v) is 6.79. The number of hydrogen-bond acceptors (Lipinski definition) is 5. The number of carboxylic acids is 1. The molecule has 0 saturated carbocycles. The quantitative estimate of drug-likeness (QED) is 0.629. The van der Waals surface area contributed by atoms with Crippen molar-refractivity contribution in [1.82, 2.24) is 10.6 Å². The summed E-state index contributed by atoms with van der Waals surface area (Å²) in [5, 5.41) is 15.2. The number of ether oxygens (including phenoxy) is 1. The molecule has 0 aromatic carbocycles. The Balaban J connectivity index is 1.96. The number of carbonyl (C=O) groups is 2. The van der Waals surface area contributed by atoms with E-state index in [1.165, 1.54) is 6.08 Å². The predicted octanol–water partition coefficient (Wildman–Crippen LogP) is -0.770. The van der Waals surface area contributed by atoms with Crippen LogP contribution in [0.25, 0.3) is 0 Å². The summed E-state index contributed by atoms with van der Waals surface area (Å²) in [6.07, 6.45) is 1.72. The number of nitrogens with one attached hydrogen (secondary N) is 2. The molecule has 1 atom stereocenters. The minimum Gasteiger partial charge on any atom is -0.480 e. The van der Waals surface area contributed by atoms with Crippen molar-refractivity contribution in [3.05, 3.63) is 11.5 Å². The van der Waals surface area contributed by atoms with E-state index in [1.807, 2.05) is 0 Å². The van der Waals surface area contributed by atoms with E-state index < -0.39 is 33.4 Å². The number of carbonyl (C=O) groups excluding carboxylic acids is 1. The summed E-state index contributed by atoms with van der Waals surface area (Å²) in [7, 11) is -3.27. The third-order valence-corrected chi connectivity index (χ3v) is 4.75. The first kappa shape index (κ1) is 14.8. The van der Waals surface area contributed by atoms with E-state index in [0.29, 0.717) is 0 Å². The van der Waals surface area contributed by atoms with Gasteiger partial charge in [0.05, 0.1) is 11.8 Å². The van der Waals surface area contributed by atoms with Gasteiger partial charge in [0.2, 0.25) is 0 Å². The fourth-order valence-electron chi connectivity index (χ4n) is 2.20. The number of rotatable bonds is 3. The first-order valence-electron chi connectivity index (χ1n) is 6.14. The van der Waals surface area contributed by atoms with Crippen molar-refractivity contribution in [2.75, 3.05) is 19.0 Å². The van der Waals surface area contributed by atoms with Gasteiger partial charge in [-0.3, -0.25) is 0 Å². The van der Waals surface area contributed by atoms with Crippen LogP contribution in [0, 0.1) is 0 Å². The Morgan fingerprint density at radius 1 is 1.30 bits per heavy atom. The van der Waals surface area contributed by atoms with Crippen LogP contribution in [0.2, 0.25) is 0 Å². The molecular formula is C11H16N2O6S. The number of hydrogen-bond donors (Lipinski definition) is 3. The van der Waals surface area contributed by atoms with Gasteiger partial charge in [0.25, 0.3) is 0 Å². The lowest BCUT2D eigenvalue weighted by Gasteiger charge is -2.34. The minimum absolute atomic E-state index is 0.175. The van der Waals surface area contributed by atoms with Gasteiger partial charge in [-0.05, 0) is 6.08 Å². The normalized spacial score (nSPS) is 26.9. The smallest absolute Gasteiger partial charge is 0.329 e. The summed E-state index contributed by atoms with van der Waals surface area (Å²) >= 11 is 0. The van der Waals surface area contributed by atoms with Crippen LogP contribution in [0.15, 0.2) is 11.5 Å². The van der Waals surface area contributed by atoms with Crippen molar-refractivity contribution in [1.29, 1.82) is 0 Å². The average molecular weight is 304 g/mol. The third-order valence-electron chi connectivity index (χ3n) is 3.36. The molecule has 8 nitrogen and oxygen atoms in total. The number of aliphatic carboxylic acids is 1. The Bertz CT molecular complexity index is 535. The van der Waals surface area contributed by atoms with Crippen molar-refractivity contribution in [2.45, 2.75) is 24.4 Å². The summed E-state index contributed by atoms with van der Waals surface area (Å²) in [5.41, 5.74) is -1.36. The molecule has 112 valence electrons. The van der Waals surface area contributed by atoms with Crippen LogP contribution < -0.4 is 10.6 Å². The highest BCUT2D eigenvalue weighted by Gasteiger charge is 2.42. The summed E-state index contributed by atoms with van der Waals surface area (Å²) in [6, 6.07) is -1.33. The zero-order valence-electron chi connectivity index (χ0n) is 10.7. The molecule has 0 bridgehead atoms. The van der Waals surface area contributed by atoms with Gasteiger partial charge >= 0.3 is 12.0 Å². The molecule has 0 aromatic heterocycles. The highest BCUT2D eigenvalue weighted by Crippen LogP contribution is 2.21. The molecule has 1 saturated heterocycles. The maximum absolute atomic E-state index is 11.8. The maximum Gasteiger partial charge on any atom is 0.329 e. The van der Waals surface area contributed by atoms with Gasteiger partial charge < -0.3 is 20.5 Å². The molecule has 2 amide bonds. The molecule has 3 N–H and O–H groups in total. The standard InChI is InChI=1S/C11H16N2O6S/c14-9(15)11(2-4-19-5-3-11)13-10(16)12-8-1-6-20(17,18)7-8/h1,6,8H,2-5,7H2,(H,14,15)(H2,12,13,16). The number of amides is 2. The predicted molar refractivity (Wildman–Crippen MR) is 68.8 cm³/mol. The lowest BCUT2D eigenvalue weighted by atomic mass is 9.90. The minimum atomic E-state index is -3.27. The number of urea groups is 1. The van der Waals surface area contributed by atoms with Gasteiger partial charge in [-0.15, -0.1) is 0 Å². The van der Waals surface area contributed by atoms with Gasteiger partial charge in [-0.2, -0.15) is 0 Å². The molecule has 1 unspecified atom stereocenters. The average Bonchev–Trinajstić information content (AvgIpc) is 2.69. The Morgan fingerprint density at radius 3 is 2.45 bits per heavy atom. The highest BCUT2D eigenvalue weighted by molar-refractivity contribution is 7.94. The fraction of sp³-hybridized carbons (Fsp3) is 0.636. The summed E-state index contributed by atoms with van der Waals surface area (Å²) in [4.78, 5) is 23.2. The van der Waals surface area contributed by atoms with Gasteiger partial charge in [-0.1, -0.05) is 0 Å². The largest absolute Gasteiger partial charge is 0.480 e. The molecule has 2 aliphatic rings. The lowest BCUT2D eigenvalue weighted by molar-refractivity contribution is -0.148. The van der Waals surface area contributed by atoms with E-state index in [4.69, 9.17) is 4.74 Å². The van der Waals surface area contributed by atoms with Crippen LogP contribution >= 0.6 is 0 Å². The van der Waals surface area contributed by atoms with Crippen molar-refractivity contribution >= 4 is 21.8 Å². The number of sulfone groups is 1. The van der Waals surface area contributed by atoms with E-state index in [2.05, 4.69) is 10.6 Å². The SMILES string of the molecule is O=C(NC1C=CS(=O)(=O)C1)NC1(C(=O)O)CCOCC1. The second-order valence-electron chi connectivity index (χ2n) is 4.86. The molecule has 0 radical (unpaired) electrons. The maximum atomic E-state index is 11.8. The zero-order chi connectivity index (χ0) is 14.8. The molecule has 2 aliphatic heterocycles. The monoisotopic (exact) mass is 304 g/mol. The van der Waals surface area contributed by atoms with Gasteiger partial charge in [0.1, 0.15) is 5.54 Å². The van der Waals surface area contributed by atoms with Gasteiger partial charge in [-0.25, -0.2) is 18.0 Å². The summed E-state index contributed by atoms with van der Waals surface area (Å²) < 4.78 is 27.5. The van der Waals surface area contributed by atoms with Crippen LogP contribution in [0.1, 0.15) is 12.8 Å². The van der Waals surface area contributed by atoms with Crippen molar-refractivity contribution in [2.24, 2.45) is 0 Å². The third kappa shape index (κ3) is 3.28. The van der Waals surface area contributed by atoms with Crippen molar-refractivity contribution in [3.63, 3.8) is 0 Å². The van der Waals surface area contributed by atoms with Crippen LogP contribution in [0.3, 0.4) is 0 Å². The Hall–Kier alpha value is -1.61. The molecule has 2 heterocycles. The molecule has 20 heavy (non-hydrogen) atoms. The molecule has 9 heteroatoms. The van der Waals surface area contributed by atoms with Crippen molar-refractivity contribution < 1.29 is 27.9 Å². The molecule has 0 spiro atoms. The van der Waals surface area contributed by atoms with Gasteiger partial charge in [0, 0.05) is 31.5 Å². The van der Waals surface area contributed by atoms with Crippen LogP contribution in [-0.2, 0) is 19.4 Å². The van der Waals surface area contributed by atoms with Crippen LogP contribution in [-0.4, -0.2) is 56.1 Å². The molecular weight excluding hydrogens is 288 g/mol. The second kappa shape index (κ2) is 5.41. The molecule has 0 aliphatic carbocycles. The lowest BCUT2D eigenvalue weighted by Crippen LogP contribution is -2.60. The summed E-state index contributed by atoms with van der Waals surface area (Å²) in [6.45, 7) is 0.509. The first-order chi connectivity index (χ1) is 9.33. The Labute approximate surface area is 116 Å². The van der Waals surface area contributed by atoms with E-state index in [9.17, 15) is 23.1 Å². The van der Waals surface area contributed by atoms with E-state index >= 15 is 0 Å². The van der Waals surface area contributed by atoms with E-state index in [0.717, 1.165) is 5.41 Å². The first-order valence-corrected chi connectivity index (χ1v) is 7.85. The summed E-state index contributed by atoms with van der Waals surface area (Å²) in [5.74, 6) is -1.32. The van der Waals surface area contributed by atoms with Gasteiger partial charge in [0.15, 0.2) is 9.84 Å². The Morgan fingerprint density at radius 2 is 1.95 bits per heavy atom. The molecule has 0 aromatic rings. The highest BCUT2D eigenvalue weighted by atomic mass is 32.2. The fourth-order valence-corrected chi connectivity index (χ4v) is 3.43. The van der Waals surface area contributed by atoms with E-state index in [1.54, 1.807) is 0 Å². The van der Waals surface area contributed by atoms with E-state index in [-0.39, 0.29) is 31.8 Å². The topological polar surface area (TPSA) is 122 Å². The number of carboxylic acid groups (broad SMARTS) is 1. The molecule has 1 fully saturated rings. The van der Waals surface area contributed by atoms with Crippen LogP contribution in [0.4, 0.5) is 4.79 Å². The van der Waals surface area contributed by atoms with Crippen LogP contribution in [0.5, 0.6) is 0 Å². The molecule has 2 rings (SSSR count). The Kier molecular flexibility index (Phi) is 4.00.